The number of ketones is 1. The van der Waals surface area contributed by atoms with E-state index in [9.17, 15) is 9.90 Å². The molecule has 0 heterocycles. The summed E-state index contributed by atoms with van der Waals surface area (Å²) in [6.07, 6.45) is 10.4. The SMILES string of the molecule is COC[C@]1(O)CC[C@H]2[C@@H]3CCC4=CC(=O)C(c5ccc(C=NOC)cc5)CC4=C3CC[C@@]21C. The first-order valence-corrected chi connectivity index (χ1v) is 12.2. The largest absolute Gasteiger partial charge is 0.399 e. The van der Waals surface area contributed by atoms with Gasteiger partial charge in [0.25, 0.3) is 0 Å². The maximum Gasteiger partial charge on any atom is 0.163 e. The van der Waals surface area contributed by atoms with Gasteiger partial charge in [0.2, 0.25) is 0 Å². The molecule has 2 fully saturated rings. The van der Waals surface area contributed by atoms with Gasteiger partial charge in [-0.15, -0.1) is 0 Å². The van der Waals surface area contributed by atoms with Gasteiger partial charge in [0, 0.05) is 12.5 Å². The first-order valence-electron chi connectivity index (χ1n) is 12.2. The number of carbonyl (C=O) groups excluding carboxylic acids is 1. The first-order chi connectivity index (χ1) is 15.9. The minimum absolute atomic E-state index is 0.0948. The molecule has 5 rings (SSSR count). The summed E-state index contributed by atoms with van der Waals surface area (Å²) in [6.45, 7) is 2.71. The fraction of sp³-hybridized carbons (Fsp3) is 0.571. The van der Waals surface area contributed by atoms with Gasteiger partial charge in [-0.05, 0) is 85.1 Å². The lowest BCUT2D eigenvalue weighted by molar-refractivity contribution is -0.125. The Morgan fingerprint density at radius 2 is 1.94 bits per heavy atom. The number of hydrogen-bond donors (Lipinski definition) is 1. The number of carbonyl (C=O) groups is 1. The molecule has 1 unspecified atom stereocenters. The van der Waals surface area contributed by atoms with E-state index < -0.39 is 5.60 Å². The van der Waals surface area contributed by atoms with Crippen LogP contribution in [-0.2, 0) is 14.4 Å². The Labute approximate surface area is 196 Å². The van der Waals surface area contributed by atoms with Crippen LogP contribution < -0.4 is 0 Å². The number of ether oxygens (including phenoxy) is 1. The molecule has 1 N–H and O–H groups in total. The molecule has 33 heavy (non-hydrogen) atoms. The summed E-state index contributed by atoms with van der Waals surface area (Å²) in [6, 6.07) is 8.08. The molecule has 5 nitrogen and oxygen atoms in total. The predicted molar refractivity (Wildman–Crippen MR) is 128 cm³/mol. The molecule has 176 valence electrons. The van der Waals surface area contributed by atoms with Gasteiger partial charge >= 0.3 is 0 Å². The quantitative estimate of drug-likeness (QED) is 0.510. The van der Waals surface area contributed by atoms with Crippen LogP contribution in [0.3, 0.4) is 0 Å². The van der Waals surface area contributed by atoms with Crippen molar-refractivity contribution in [1.29, 1.82) is 0 Å². The van der Waals surface area contributed by atoms with Crippen LogP contribution in [0.2, 0.25) is 0 Å². The van der Waals surface area contributed by atoms with Crippen LogP contribution in [0.15, 0.2) is 52.2 Å². The number of benzene rings is 1. The van der Waals surface area contributed by atoms with E-state index in [1.165, 1.54) is 18.3 Å². The Morgan fingerprint density at radius 3 is 2.67 bits per heavy atom. The van der Waals surface area contributed by atoms with Gasteiger partial charge in [0.05, 0.1) is 24.3 Å². The van der Waals surface area contributed by atoms with Crippen molar-refractivity contribution < 1.29 is 19.5 Å². The van der Waals surface area contributed by atoms with Crippen LogP contribution in [0.5, 0.6) is 0 Å². The Kier molecular flexibility index (Phi) is 5.82. The van der Waals surface area contributed by atoms with Gasteiger partial charge in [0.1, 0.15) is 7.11 Å². The molecule has 2 saturated carbocycles. The average molecular weight is 450 g/mol. The molecule has 0 radical (unpaired) electrons. The van der Waals surface area contributed by atoms with Crippen LogP contribution in [0.1, 0.15) is 68.9 Å². The number of allylic oxidation sites excluding steroid dienone is 4. The van der Waals surface area contributed by atoms with E-state index in [1.807, 2.05) is 30.3 Å². The number of rotatable bonds is 5. The Morgan fingerprint density at radius 1 is 1.15 bits per heavy atom. The van der Waals surface area contributed by atoms with E-state index >= 15 is 0 Å². The second kappa shape index (κ2) is 8.52. The minimum Gasteiger partial charge on any atom is -0.399 e. The van der Waals surface area contributed by atoms with Crippen LogP contribution in [0.25, 0.3) is 0 Å². The van der Waals surface area contributed by atoms with Crippen molar-refractivity contribution in [3.8, 4) is 0 Å². The Bertz CT molecular complexity index is 1020. The normalized spacial score (nSPS) is 35.8. The van der Waals surface area contributed by atoms with Crippen molar-refractivity contribution in [3.05, 3.63) is 58.2 Å². The van der Waals surface area contributed by atoms with Crippen LogP contribution in [-0.4, -0.2) is 43.5 Å². The molecule has 5 heteroatoms. The van der Waals surface area contributed by atoms with E-state index in [0.29, 0.717) is 18.4 Å². The third-order valence-corrected chi connectivity index (χ3v) is 9.19. The number of aliphatic hydroxyl groups is 1. The highest BCUT2D eigenvalue weighted by Gasteiger charge is 2.60. The number of nitrogens with zero attached hydrogens (tertiary/aromatic N) is 1. The van der Waals surface area contributed by atoms with Crippen molar-refractivity contribution in [2.75, 3.05) is 20.8 Å². The fourth-order valence-electron chi connectivity index (χ4n) is 7.33. The highest BCUT2D eigenvalue weighted by atomic mass is 16.6. The predicted octanol–water partition coefficient (Wildman–Crippen LogP) is 4.94. The molecule has 0 bridgehead atoms. The van der Waals surface area contributed by atoms with Gasteiger partial charge in [-0.25, -0.2) is 0 Å². The summed E-state index contributed by atoms with van der Waals surface area (Å²) in [5, 5.41) is 15.3. The maximum absolute atomic E-state index is 13.1. The molecular weight excluding hydrogens is 414 g/mol. The van der Waals surface area contributed by atoms with E-state index in [1.54, 1.807) is 18.9 Å². The van der Waals surface area contributed by atoms with Gasteiger partial charge in [0.15, 0.2) is 5.78 Å². The van der Waals surface area contributed by atoms with Crippen molar-refractivity contribution in [1.82, 2.24) is 0 Å². The average Bonchev–Trinajstić information content (AvgIpc) is 3.08. The number of oxime groups is 1. The standard InChI is InChI=1S/C28H35NO4/c1-27-12-10-21-22(25(27)11-13-28(27,31)17-32-2)9-8-20-14-26(30)24(15-23(20)21)19-6-4-18(5-7-19)16-29-33-3/h4-7,14,16,22,24-25,31H,8-13,15,17H2,1-3H3/t22-,24?,25+,27+,28-/m1/s1. The molecule has 4 aliphatic carbocycles. The van der Waals surface area contributed by atoms with E-state index in [-0.39, 0.29) is 17.1 Å². The summed E-state index contributed by atoms with van der Waals surface area (Å²) in [5.74, 6) is 1.11. The summed E-state index contributed by atoms with van der Waals surface area (Å²) >= 11 is 0. The summed E-state index contributed by atoms with van der Waals surface area (Å²) in [5.41, 5.74) is 5.47. The van der Waals surface area contributed by atoms with E-state index in [4.69, 9.17) is 9.57 Å². The second-order valence-electron chi connectivity index (χ2n) is 10.6. The summed E-state index contributed by atoms with van der Waals surface area (Å²) in [4.78, 5) is 17.8. The van der Waals surface area contributed by atoms with E-state index in [2.05, 4.69) is 12.1 Å². The molecule has 0 aliphatic heterocycles. The minimum atomic E-state index is -0.725. The zero-order valence-electron chi connectivity index (χ0n) is 20.0. The van der Waals surface area contributed by atoms with Crippen molar-refractivity contribution >= 4 is 12.0 Å². The highest BCUT2D eigenvalue weighted by Crippen LogP contribution is 2.63. The molecule has 1 aromatic rings. The number of fused-ring (bicyclic) bond motifs is 4. The van der Waals surface area contributed by atoms with Gasteiger partial charge in [-0.1, -0.05) is 41.9 Å². The van der Waals surface area contributed by atoms with E-state index in [0.717, 1.165) is 56.1 Å². The van der Waals surface area contributed by atoms with Crippen LogP contribution >= 0.6 is 0 Å². The maximum atomic E-state index is 13.1. The fourth-order valence-corrected chi connectivity index (χ4v) is 7.33. The lowest BCUT2D eigenvalue weighted by atomic mass is 9.55. The number of methoxy groups -OCH3 is 1. The monoisotopic (exact) mass is 449 g/mol. The topological polar surface area (TPSA) is 68.1 Å². The second-order valence-corrected chi connectivity index (χ2v) is 10.6. The zero-order valence-corrected chi connectivity index (χ0v) is 20.0. The summed E-state index contributed by atoms with van der Waals surface area (Å²) in [7, 11) is 3.22. The molecule has 0 spiro atoms. The molecule has 0 amide bonds. The molecular formula is C28H35NO4. The van der Waals surface area contributed by atoms with Crippen molar-refractivity contribution in [2.45, 2.75) is 63.4 Å². The number of hydrogen-bond acceptors (Lipinski definition) is 5. The first kappa shape index (κ1) is 22.5. The van der Waals surface area contributed by atoms with Crippen LogP contribution in [0.4, 0.5) is 0 Å². The molecule has 5 atom stereocenters. The summed E-state index contributed by atoms with van der Waals surface area (Å²) < 4.78 is 5.45. The molecule has 0 aromatic heterocycles. The van der Waals surface area contributed by atoms with Gasteiger partial charge in [-0.3, -0.25) is 4.79 Å². The zero-order chi connectivity index (χ0) is 23.2. The van der Waals surface area contributed by atoms with Gasteiger partial charge in [-0.2, -0.15) is 0 Å². The molecule has 1 aromatic carbocycles. The van der Waals surface area contributed by atoms with Gasteiger partial charge < -0.3 is 14.7 Å². The third-order valence-electron chi connectivity index (χ3n) is 9.19. The van der Waals surface area contributed by atoms with Crippen molar-refractivity contribution in [3.63, 3.8) is 0 Å². The molecule has 0 saturated heterocycles. The van der Waals surface area contributed by atoms with Crippen LogP contribution in [0, 0.1) is 17.3 Å². The van der Waals surface area contributed by atoms with Crippen molar-refractivity contribution in [2.24, 2.45) is 22.4 Å². The molecule has 4 aliphatic rings. The lowest BCUT2D eigenvalue weighted by Crippen LogP contribution is -2.52. The third kappa shape index (κ3) is 3.60. The Balaban J connectivity index is 1.44. The highest BCUT2D eigenvalue weighted by molar-refractivity contribution is 5.98. The lowest BCUT2D eigenvalue weighted by Gasteiger charge is -2.52. The smallest absolute Gasteiger partial charge is 0.163 e. The Hall–Kier alpha value is -2.24.